The summed E-state index contributed by atoms with van der Waals surface area (Å²) in [6.45, 7) is 6.68. The van der Waals surface area contributed by atoms with E-state index in [-0.39, 0.29) is 11.7 Å². The first-order valence-corrected chi connectivity index (χ1v) is 9.32. The Hall–Kier alpha value is -0.870. The van der Waals surface area contributed by atoms with Crippen LogP contribution in [0.4, 0.5) is 0 Å². The molecule has 27 heavy (non-hydrogen) atoms. The van der Waals surface area contributed by atoms with Gasteiger partial charge in [-0.15, -0.1) is 0 Å². The van der Waals surface area contributed by atoms with Crippen molar-refractivity contribution in [1.29, 1.82) is 0 Å². The average molecular weight is 388 g/mol. The van der Waals surface area contributed by atoms with E-state index in [2.05, 4.69) is 0 Å². The zero-order valence-electron chi connectivity index (χ0n) is 16.3. The van der Waals surface area contributed by atoms with Gasteiger partial charge in [0.15, 0.2) is 6.29 Å². The van der Waals surface area contributed by atoms with Crippen LogP contribution in [0.15, 0.2) is 11.6 Å². The largest absolute Gasteiger partial charge is 0.394 e. The molecule has 1 fully saturated rings. The smallest absolute Gasteiger partial charge is 0.187 e. The highest BCUT2D eigenvalue weighted by Crippen LogP contribution is 2.45. The molecule has 0 aromatic carbocycles. The summed E-state index contributed by atoms with van der Waals surface area (Å²) in [5.41, 5.74) is 0.369. The Balaban J connectivity index is 2.17. The van der Waals surface area contributed by atoms with Crippen molar-refractivity contribution in [3.8, 4) is 0 Å². The van der Waals surface area contributed by atoms with Gasteiger partial charge in [-0.1, -0.05) is 25.5 Å². The summed E-state index contributed by atoms with van der Waals surface area (Å²) in [5.74, 6) is 0.0823. The number of hydrogen-bond donors (Lipinski definition) is 5. The monoisotopic (exact) mass is 388 g/mol. The van der Waals surface area contributed by atoms with Crippen LogP contribution < -0.4 is 0 Å². The number of aliphatic hydroxyl groups excluding tert-OH is 5. The predicted molar refractivity (Wildman–Crippen MR) is 95.6 cm³/mol. The summed E-state index contributed by atoms with van der Waals surface area (Å²) in [7, 11) is 0. The zero-order valence-corrected chi connectivity index (χ0v) is 16.3. The first-order chi connectivity index (χ1) is 12.5. The Morgan fingerprint density at radius 1 is 1.19 bits per heavy atom. The quantitative estimate of drug-likeness (QED) is 0.384. The zero-order chi connectivity index (χ0) is 20.5. The van der Waals surface area contributed by atoms with E-state index in [1.807, 2.05) is 20.8 Å². The minimum atomic E-state index is -1.54. The molecule has 1 aliphatic carbocycles. The molecular weight excluding hydrogens is 356 g/mol. The van der Waals surface area contributed by atoms with E-state index in [0.717, 1.165) is 5.57 Å². The van der Waals surface area contributed by atoms with Crippen molar-refractivity contribution >= 4 is 5.78 Å². The molecule has 1 saturated heterocycles. The number of Topliss-reactive ketones (excluding diaryl/α,β-unsaturated/α-hetero) is 1. The normalized spacial score (nSPS) is 41.9. The minimum Gasteiger partial charge on any atom is -0.394 e. The summed E-state index contributed by atoms with van der Waals surface area (Å²) in [6.07, 6.45) is -5.89. The molecule has 2 rings (SSSR count). The van der Waals surface area contributed by atoms with Crippen LogP contribution in [-0.4, -0.2) is 80.8 Å². The molecule has 2 aliphatic rings. The van der Waals surface area contributed by atoms with Crippen LogP contribution in [-0.2, 0) is 14.3 Å². The van der Waals surface area contributed by atoms with Gasteiger partial charge in [0.2, 0.25) is 0 Å². The van der Waals surface area contributed by atoms with Crippen molar-refractivity contribution in [3.63, 3.8) is 0 Å². The number of allylic oxidation sites excluding steroid dienone is 1. The highest BCUT2D eigenvalue weighted by atomic mass is 16.7. The van der Waals surface area contributed by atoms with Crippen molar-refractivity contribution in [2.45, 2.75) is 83.5 Å². The maximum Gasteiger partial charge on any atom is 0.187 e. The van der Waals surface area contributed by atoms with Crippen LogP contribution in [0, 0.1) is 11.3 Å². The van der Waals surface area contributed by atoms with Crippen molar-refractivity contribution in [1.82, 2.24) is 0 Å². The molecule has 1 heterocycles. The van der Waals surface area contributed by atoms with E-state index in [1.54, 1.807) is 6.08 Å². The number of carbonyl (C=O) groups is 1. The molecule has 5 N–H and O–H groups in total. The molecule has 8 atom stereocenters. The lowest BCUT2D eigenvalue weighted by molar-refractivity contribution is -0.316. The third kappa shape index (κ3) is 4.59. The molecule has 8 unspecified atom stereocenters. The minimum absolute atomic E-state index is 0.00829. The molecule has 0 bridgehead atoms. The first-order valence-electron chi connectivity index (χ1n) is 9.32. The van der Waals surface area contributed by atoms with E-state index in [4.69, 9.17) is 9.47 Å². The first kappa shape index (κ1) is 22.4. The Labute approximate surface area is 159 Å². The van der Waals surface area contributed by atoms with Gasteiger partial charge in [0, 0.05) is 11.8 Å². The fraction of sp³-hybridized carbons (Fsp3) is 0.842. The van der Waals surface area contributed by atoms with Gasteiger partial charge in [0.25, 0.3) is 0 Å². The van der Waals surface area contributed by atoms with E-state index >= 15 is 0 Å². The van der Waals surface area contributed by atoms with E-state index in [0.29, 0.717) is 12.8 Å². The Morgan fingerprint density at radius 3 is 2.37 bits per heavy atom. The van der Waals surface area contributed by atoms with Gasteiger partial charge in [-0.3, -0.25) is 0 Å². The van der Waals surface area contributed by atoms with Crippen LogP contribution in [0.1, 0.15) is 40.5 Å². The van der Waals surface area contributed by atoms with Gasteiger partial charge in [-0.25, -0.2) is 0 Å². The number of aliphatic hydroxyl groups is 5. The van der Waals surface area contributed by atoms with Crippen molar-refractivity contribution in [2.24, 2.45) is 11.3 Å². The number of ketones is 1. The maximum atomic E-state index is 11.3. The summed E-state index contributed by atoms with van der Waals surface area (Å²) in [5, 5.41) is 50.0. The maximum absolute atomic E-state index is 11.3. The number of rotatable bonds is 6. The van der Waals surface area contributed by atoms with Crippen LogP contribution >= 0.6 is 0 Å². The molecule has 0 radical (unpaired) electrons. The van der Waals surface area contributed by atoms with Gasteiger partial charge in [0.1, 0.15) is 36.3 Å². The SMILES string of the molecule is CC(=O)CCC1C(C)=CC(OC2OC(CO)C(O)C(O)C2O)C(O)C1(C)C. The van der Waals surface area contributed by atoms with Gasteiger partial charge in [0.05, 0.1) is 12.7 Å². The van der Waals surface area contributed by atoms with E-state index in [1.165, 1.54) is 6.92 Å². The second-order valence-corrected chi connectivity index (χ2v) is 8.27. The Kier molecular flexibility index (Phi) is 7.18. The van der Waals surface area contributed by atoms with Crippen molar-refractivity contribution < 1.29 is 39.8 Å². The second kappa shape index (κ2) is 8.65. The molecule has 0 amide bonds. The molecular formula is C19H32O8. The van der Waals surface area contributed by atoms with Crippen LogP contribution in [0.5, 0.6) is 0 Å². The van der Waals surface area contributed by atoms with Gasteiger partial charge < -0.3 is 39.8 Å². The highest BCUT2D eigenvalue weighted by molar-refractivity contribution is 5.75. The Morgan fingerprint density at radius 2 is 1.81 bits per heavy atom. The van der Waals surface area contributed by atoms with Crippen LogP contribution in [0.2, 0.25) is 0 Å². The molecule has 156 valence electrons. The molecule has 1 aliphatic heterocycles. The molecule has 0 aromatic heterocycles. The second-order valence-electron chi connectivity index (χ2n) is 8.27. The molecule has 8 nitrogen and oxygen atoms in total. The topological polar surface area (TPSA) is 137 Å². The van der Waals surface area contributed by atoms with Crippen molar-refractivity contribution in [2.75, 3.05) is 6.61 Å². The fourth-order valence-corrected chi connectivity index (χ4v) is 4.08. The van der Waals surface area contributed by atoms with Crippen molar-refractivity contribution in [3.05, 3.63) is 11.6 Å². The third-order valence-corrected chi connectivity index (χ3v) is 5.87. The number of hydrogen-bond acceptors (Lipinski definition) is 8. The molecule has 0 saturated carbocycles. The van der Waals surface area contributed by atoms with E-state index in [9.17, 15) is 30.3 Å². The summed E-state index contributed by atoms with van der Waals surface area (Å²) in [4.78, 5) is 11.3. The predicted octanol–water partition coefficient (Wildman–Crippen LogP) is -0.496. The lowest BCUT2D eigenvalue weighted by Crippen LogP contribution is -2.61. The lowest BCUT2D eigenvalue weighted by Gasteiger charge is -2.47. The Bertz CT molecular complexity index is 558. The van der Waals surface area contributed by atoms with Gasteiger partial charge in [-0.05, 0) is 26.2 Å². The lowest BCUT2D eigenvalue weighted by atomic mass is 9.64. The average Bonchev–Trinajstić information content (AvgIpc) is 2.59. The third-order valence-electron chi connectivity index (χ3n) is 5.87. The highest BCUT2D eigenvalue weighted by Gasteiger charge is 2.49. The van der Waals surface area contributed by atoms with Crippen LogP contribution in [0.25, 0.3) is 0 Å². The van der Waals surface area contributed by atoms with Crippen LogP contribution in [0.3, 0.4) is 0 Å². The number of ether oxygens (including phenoxy) is 2. The van der Waals surface area contributed by atoms with Gasteiger partial charge >= 0.3 is 0 Å². The summed E-state index contributed by atoms with van der Waals surface area (Å²) < 4.78 is 11.1. The molecule has 0 spiro atoms. The standard InChI is InChI=1S/C19H32O8/c1-9-7-12(17(25)19(3,4)11(9)6-5-10(2)21)26-18-16(24)15(23)14(22)13(8-20)27-18/h7,11-18,20,22-25H,5-6,8H2,1-4H3. The van der Waals surface area contributed by atoms with E-state index < -0.39 is 54.9 Å². The molecule has 8 heteroatoms. The summed E-state index contributed by atoms with van der Waals surface area (Å²) in [6, 6.07) is 0. The summed E-state index contributed by atoms with van der Waals surface area (Å²) >= 11 is 0. The number of carbonyl (C=O) groups excluding carboxylic acids is 1. The van der Waals surface area contributed by atoms with Gasteiger partial charge in [-0.2, -0.15) is 0 Å². The fourth-order valence-electron chi connectivity index (χ4n) is 4.08. The molecule has 0 aromatic rings.